The first kappa shape index (κ1) is 22.1. The Morgan fingerprint density at radius 1 is 1.16 bits per heavy atom. The average Bonchev–Trinajstić information content (AvgIpc) is 3.58. The number of amides is 2. The van der Waals surface area contributed by atoms with E-state index < -0.39 is 6.04 Å². The van der Waals surface area contributed by atoms with E-state index in [1.807, 2.05) is 47.8 Å². The molecule has 1 aliphatic rings. The largest absolute Gasteiger partial charge is 0.497 e. The number of benzene rings is 1. The molecule has 32 heavy (non-hydrogen) atoms. The Labute approximate surface area is 192 Å². The van der Waals surface area contributed by atoms with Crippen molar-refractivity contribution in [2.24, 2.45) is 0 Å². The van der Waals surface area contributed by atoms with Crippen LogP contribution in [0, 0.1) is 0 Å². The molecular formula is C25H28N2O4S. The second-order valence-corrected chi connectivity index (χ2v) is 9.06. The van der Waals surface area contributed by atoms with Gasteiger partial charge in [0.05, 0.1) is 26.3 Å². The number of thiophene rings is 1. The fourth-order valence-electron chi connectivity index (χ4n) is 4.17. The highest BCUT2D eigenvalue weighted by molar-refractivity contribution is 7.10. The summed E-state index contributed by atoms with van der Waals surface area (Å²) in [6.07, 6.45) is 6.00. The quantitative estimate of drug-likeness (QED) is 0.510. The van der Waals surface area contributed by atoms with Crippen LogP contribution >= 0.6 is 11.3 Å². The van der Waals surface area contributed by atoms with E-state index in [1.54, 1.807) is 24.3 Å². The number of rotatable bonds is 9. The van der Waals surface area contributed by atoms with Crippen molar-refractivity contribution < 1.29 is 18.7 Å². The lowest BCUT2D eigenvalue weighted by molar-refractivity contribution is -0.141. The maximum atomic E-state index is 13.6. The molecule has 0 saturated heterocycles. The predicted octanol–water partition coefficient (Wildman–Crippen LogP) is 4.72. The summed E-state index contributed by atoms with van der Waals surface area (Å²) in [5.41, 5.74) is 0.743. The van der Waals surface area contributed by atoms with E-state index in [-0.39, 0.29) is 30.8 Å². The van der Waals surface area contributed by atoms with E-state index in [0.717, 1.165) is 36.1 Å². The van der Waals surface area contributed by atoms with Gasteiger partial charge < -0.3 is 19.4 Å². The molecule has 1 aliphatic carbocycles. The minimum atomic E-state index is -0.765. The van der Waals surface area contributed by atoms with Crippen LogP contribution in [0.4, 0.5) is 0 Å². The molecule has 1 fully saturated rings. The Bertz CT molecular complexity index is 993. The summed E-state index contributed by atoms with van der Waals surface area (Å²) in [4.78, 5) is 29.7. The third-order valence-electron chi connectivity index (χ3n) is 5.83. The molecule has 0 spiro atoms. The van der Waals surface area contributed by atoms with Crippen LogP contribution in [0.25, 0.3) is 0 Å². The summed E-state index contributed by atoms with van der Waals surface area (Å²) in [5, 5.41) is 5.14. The number of ether oxygens (including phenoxy) is 1. The lowest BCUT2D eigenvalue weighted by Gasteiger charge is -2.32. The number of hydrogen-bond acceptors (Lipinski definition) is 5. The molecule has 0 aliphatic heterocycles. The predicted molar refractivity (Wildman–Crippen MR) is 123 cm³/mol. The fourth-order valence-corrected chi connectivity index (χ4v) is 4.86. The molecule has 1 atom stereocenters. The SMILES string of the molecule is COc1ccc(C(C(=O)NC2CCCC2)N(Cc2ccco2)C(=O)Cc2cccs2)cc1. The number of hydrogen-bond donors (Lipinski definition) is 1. The molecule has 2 amide bonds. The normalized spacial score (nSPS) is 14.8. The maximum absolute atomic E-state index is 13.6. The zero-order valence-electron chi connectivity index (χ0n) is 18.2. The van der Waals surface area contributed by atoms with Gasteiger partial charge in [0.25, 0.3) is 0 Å². The second-order valence-electron chi connectivity index (χ2n) is 8.02. The van der Waals surface area contributed by atoms with Crippen LogP contribution in [0.15, 0.2) is 64.6 Å². The van der Waals surface area contributed by atoms with Gasteiger partial charge in [-0.2, -0.15) is 0 Å². The van der Waals surface area contributed by atoms with E-state index in [9.17, 15) is 9.59 Å². The molecule has 0 bridgehead atoms. The molecule has 3 aromatic rings. The van der Waals surface area contributed by atoms with Crippen molar-refractivity contribution in [2.75, 3.05) is 7.11 Å². The Morgan fingerprint density at radius 2 is 1.94 bits per heavy atom. The minimum absolute atomic E-state index is 0.119. The Balaban J connectivity index is 1.67. The van der Waals surface area contributed by atoms with Gasteiger partial charge in [-0.1, -0.05) is 31.0 Å². The number of nitrogens with zero attached hydrogens (tertiary/aromatic N) is 1. The summed E-state index contributed by atoms with van der Waals surface area (Å²) in [7, 11) is 1.60. The fraction of sp³-hybridized carbons (Fsp3) is 0.360. The molecule has 6 nitrogen and oxygen atoms in total. The van der Waals surface area contributed by atoms with Crippen LogP contribution in [0.1, 0.15) is 47.9 Å². The van der Waals surface area contributed by atoms with Crippen molar-refractivity contribution in [1.29, 1.82) is 0 Å². The molecule has 1 unspecified atom stereocenters. The zero-order chi connectivity index (χ0) is 22.3. The van der Waals surface area contributed by atoms with Gasteiger partial charge in [0, 0.05) is 10.9 Å². The molecule has 1 N–H and O–H groups in total. The molecule has 2 aromatic heterocycles. The number of nitrogens with one attached hydrogen (secondary N) is 1. The summed E-state index contributed by atoms with van der Waals surface area (Å²) in [6, 6.07) is 14.2. The van der Waals surface area contributed by atoms with Gasteiger partial charge in [-0.15, -0.1) is 11.3 Å². The number of carbonyl (C=O) groups is 2. The van der Waals surface area contributed by atoms with Gasteiger partial charge in [-0.3, -0.25) is 9.59 Å². The van der Waals surface area contributed by atoms with E-state index in [0.29, 0.717) is 11.5 Å². The van der Waals surface area contributed by atoms with Crippen molar-refractivity contribution in [2.45, 2.75) is 50.7 Å². The highest BCUT2D eigenvalue weighted by Crippen LogP contribution is 2.28. The standard InChI is InChI=1S/C25H28N2O4S/c1-30-20-12-10-18(11-13-20)24(25(29)26-19-6-2-3-7-19)27(17-21-8-4-14-31-21)23(28)16-22-9-5-15-32-22/h4-5,8-15,19,24H,2-3,6-7,16-17H2,1H3,(H,26,29). The van der Waals surface area contributed by atoms with Crippen molar-refractivity contribution in [3.05, 3.63) is 76.4 Å². The summed E-state index contributed by atoms with van der Waals surface area (Å²) >= 11 is 1.54. The van der Waals surface area contributed by atoms with Crippen molar-refractivity contribution >= 4 is 23.2 Å². The first-order valence-corrected chi connectivity index (χ1v) is 11.8. The topological polar surface area (TPSA) is 71.8 Å². The lowest BCUT2D eigenvalue weighted by Crippen LogP contribution is -2.46. The summed E-state index contributed by atoms with van der Waals surface area (Å²) < 4.78 is 10.8. The lowest BCUT2D eigenvalue weighted by atomic mass is 10.0. The highest BCUT2D eigenvalue weighted by Gasteiger charge is 2.33. The average molecular weight is 453 g/mol. The van der Waals surface area contributed by atoms with Crippen LogP contribution < -0.4 is 10.1 Å². The van der Waals surface area contributed by atoms with Gasteiger partial charge in [0.2, 0.25) is 11.8 Å². The smallest absolute Gasteiger partial charge is 0.247 e. The van der Waals surface area contributed by atoms with Crippen LogP contribution in [-0.4, -0.2) is 29.9 Å². The van der Waals surface area contributed by atoms with Crippen molar-refractivity contribution in [1.82, 2.24) is 10.2 Å². The monoisotopic (exact) mass is 452 g/mol. The highest BCUT2D eigenvalue weighted by atomic mass is 32.1. The molecular weight excluding hydrogens is 424 g/mol. The van der Waals surface area contributed by atoms with Gasteiger partial charge in [0.15, 0.2) is 0 Å². The van der Waals surface area contributed by atoms with E-state index in [4.69, 9.17) is 9.15 Å². The van der Waals surface area contributed by atoms with E-state index in [2.05, 4.69) is 5.32 Å². The first-order chi connectivity index (χ1) is 15.6. The minimum Gasteiger partial charge on any atom is -0.497 e. The van der Waals surface area contributed by atoms with Crippen molar-refractivity contribution in [3.63, 3.8) is 0 Å². The molecule has 2 heterocycles. The molecule has 7 heteroatoms. The third kappa shape index (κ3) is 5.40. The molecule has 1 aromatic carbocycles. The van der Waals surface area contributed by atoms with Crippen LogP contribution in [0.3, 0.4) is 0 Å². The number of methoxy groups -OCH3 is 1. The number of furan rings is 1. The van der Waals surface area contributed by atoms with E-state index in [1.165, 1.54) is 11.3 Å². The van der Waals surface area contributed by atoms with Gasteiger partial charge in [-0.25, -0.2) is 0 Å². The van der Waals surface area contributed by atoms with Crippen LogP contribution in [0.2, 0.25) is 0 Å². The van der Waals surface area contributed by atoms with Gasteiger partial charge >= 0.3 is 0 Å². The Hall–Kier alpha value is -3.06. The third-order valence-corrected chi connectivity index (χ3v) is 6.70. The first-order valence-electron chi connectivity index (χ1n) is 10.9. The van der Waals surface area contributed by atoms with E-state index >= 15 is 0 Å². The Kier molecular flexibility index (Phi) is 7.27. The van der Waals surface area contributed by atoms with Gasteiger partial charge in [0.1, 0.15) is 17.6 Å². The maximum Gasteiger partial charge on any atom is 0.247 e. The molecule has 168 valence electrons. The van der Waals surface area contributed by atoms with Crippen LogP contribution in [-0.2, 0) is 22.6 Å². The molecule has 4 rings (SSSR count). The Morgan fingerprint density at radius 3 is 2.56 bits per heavy atom. The molecule has 1 saturated carbocycles. The second kappa shape index (κ2) is 10.5. The molecule has 0 radical (unpaired) electrons. The summed E-state index contributed by atoms with van der Waals surface area (Å²) in [5.74, 6) is 1.06. The van der Waals surface area contributed by atoms with Crippen molar-refractivity contribution in [3.8, 4) is 5.75 Å². The van der Waals surface area contributed by atoms with Gasteiger partial charge in [-0.05, 0) is 54.1 Å². The summed E-state index contributed by atoms with van der Waals surface area (Å²) in [6.45, 7) is 0.214. The number of carbonyl (C=O) groups excluding carboxylic acids is 2. The van der Waals surface area contributed by atoms with Crippen LogP contribution in [0.5, 0.6) is 5.75 Å². The zero-order valence-corrected chi connectivity index (χ0v) is 19.0.